The van der Waals surface area contributed by atoms with Crippen LogP contribution in [0.1, 0.15) is 56.3 Å². The molecule has 3 amide bonds. The second-order valence-corrected chi connectivity index (χ2v) is 6.53. The van der Waals surface area contributed by atoms with Gasteiger partial charge >= 0.3 is 0 Å². The van der Waals surface area contributed by atoms with Crippen molar-refractivity contribution in [3.05, 3.63) is 29.8 Å². The third kappa shape index (κ3) is 5.89. The van der Waals surface area contributed by atoms with Gasteiger partial charge in [0.05, 0.1) is 6.54 Å². The van der Waals surface area contributed by atoms with Crippen LogP contribution in [0.5, 0.6) is 0 Å². The van der Waals surface area contributed by atoms with Crippen LogP contribution in [-0.4, -0.2) is 41.8 Å². The summed E-state index contributed by atoms with van der Waals surface area (Å²) in [4.78, 5) is 37.8. The molecular formula is C19H27N3O3. The van der Waals surface area contributed by atoms with Crippen LogP contribution < -0.4 is 10.6 Å². The van der Waals surface area contributed by atoms with E-state index in [1.807, 2.05) is 13.8 Å². The standard InChI is InChI=1S/C19H27N3O3/c1-3-14(2)20-19(25)15-8-10-16(11-9-15)21-17(23)13-22-12-6-4-5-7-18(22)24/h8-11,14H,3-7,12-13H2,1-2H3,(H,20,25)(H,21,23)/t14-/m0/s1. The highest BCUT2D eigenvalue weighted by atomic mass is 16.2. The zero-order valence-corrected chi connectivity index (χ0v) is 15.0. The summed E-state index contributed by atoms with van der Waals surface area (Å²) in [5, 5.41) is 5.68. The minimum absolute atomic E-state index is 0.0460. The van der Waals surface area contributed by atoms with Crippen molar-refractivity contribution >= 4 is 23.4 Å². The van der Waals surface area contributed by atoms with E-state index in [1.165, 1.54) is 0 Å². The highest BCUT2D eigenvalue weighted by Crippen LogP contribution is 2.13. The van der Waals surface area contributed by atoms with Crippen LogP contribution in [0.3, 0.4) is 0 Å². The average molecular weight is 345 g/mol. The topological polar surface area (TPSA) is 78.5 Å². The van der Waals surface area contributed by atoms with Gasteiger partial charge in [0.1, 0.15) is 0 Å². The van der Waals surface area contributed by atoms with Crippen LogP contribution in [0.25, 0.3) is 0 Å². The summed E-state index contributed by atoms with van der Waals surface area (Å²) in [6, 6.07) is 6.90. The molecule has 1 aromatic rings. The van der Waals surface area contributed by atoms with Gasteiger partial charge in [-0.1, -0.05) is 13.3 Å². The molecule has 2 N–H and O–H groups in total. The van der Waals surface area contributed by atoms with E-state index >= 15 is 0 Å². The zero-order valence-electron chi connectivity index (χ0n) is 15.0. The molecule has 1 atom stereocenters. The summed E-state index contributed by atoms with van der Waals surface area (Å²) in [5.74, 6) is -0.292. The van der Waals surface area contributed by atoms with Gasteiger partial charge in [0.15, 0.2) is 0 Å². The molecular weight excluding hydrogens is 318 g/mol. The Labute approximate surface area is 149 Å². The molecule has 0 saturated carbocycles. The third-order valence-electron chi connectivity index (χ3n) is 4.43. The lowest BCUT2D eigenvalue weighted by Gasteiger charge is -2.19. The number of carbonyl (C=O) groups is 3. The van der Waals surface area contributed by atoms with Crippen molar-refractivity contribution in [2.75, 3.05) is 18.4 Å². The fourth-order valence-corrected chi connectivity index (χ4v) is 2.69. The minimum atomic E-state index is -0.216. The number of rotatable bonds is 6. The van der Waals surface area contributed by atoms with E-state index < -0.39 is 0 Å². The van der Waals surface area contributed by atoms with Crippen molar-refractivity contribution in [3.8, 4) is 0 Å². The Hall–Kier alpha value is -2.37. The Morgan fingerprint density at radius 3 is 2.56 bits per heavy atom. The normalized spacial score (nSPS) is 16.1. The van der Waals surface area contributed by atoms with Crippen LogP contribution in [-0.2, 0) is 9.59 Å². The largest absolute Gasteiger partial charge is 0.350 e. The maximum atomic E-state index is 12.2. The van der Waals surface area contributed by atoms with Gasteiger partial charge in [-0.05, 0) is 50.5 Å². The van der Waals surface area contributed by atoms with Crippen LogP contribution in [0.4, 0.5) is 5.69 Å². The highest BCUT2D eigenvalue weighted by molar-refractivity contribution is 5.97. The smallest absolute Gasteiger partial charge is 0.251 e. The molecule has 0 radical (unpaired) electrons. The first-order valence-electron chi connectivity index (χ1n) is 8.98. The Kier molecular flexibility index (Phi) is 6.98. The molecule has 25 heavy (non-hydrogen) atoms. The first kappa shape index (κ1) is 19.0. The first-order valence-corrected chi connectivity index (χ1v) is 8.98. The van der Waals surface area contributed by atoms with Gasteiger partial charge in [0.25, 0.3) is 5.91 Å². The molecule has 1 fully saturated rings. The number of likely N-dealkylation sites (tertiary alicyclic amines) is 1. The number of hydrogen-bond donors (Lipinski definition) is 2. The molecule has 6 nitrogen and oxygen atoms in total. The van der Waals surface area contributed by atoms with Gasteiger partial charge < -0.3 is 15.5 Å². The Bertz CT molecular complexity index is 613. The van der Waals surface area contributed by atoms with E-state index in [1.54, 1.807) is 29.2 Å². The monoisotopic (exact) mass is 345 g/mol. The van der Waals surface area contributed by atoms with Crippen LogP contribution in [0.15, 0.2) is 24.3 Å². The summed E-state index contributed by atoms with van der Waals surface area (Å²) in [7, 11) is 0. The van der Waals surface area contributed by atoms with Crippen LogP contribution in [0, 0.1) is 0 Å². The quantitative estimate of drug-likeness (QED) is 0.832. The molecule has 1 aliphatic rings. The number of nitrogens with zero attached hydrogens (tertiary/aromatic N) is 1. The number of nitrogens with one attached hydrogen (secondary N) is 2. The second kappa shape index (κ2) is 9.20. The van der Waals surface area contributed by atoms with Crippen molar-refractivity contribution in [2.45, 2.75) is 52.0 Å². The second-order valence-electron chi connectivity index (χ2n) is 6.53. The molecule has 0 bridgehead atoms. The van der Waals surface area contributed by atoms with E-state index in [-0.39, 0.29) is 30.3 Å². The number of hydrogen-bond acceptors (Lipinski definition) is 3. The van der Waals surface area contributed by atoms with E-state index in [2.05, 4.69) is 10.6 Å². The Balaban J connectivity index is 1.88. The summed E-state index contributed by atoms with van der Waals surface area (Å²) >= 11 is 0. The van der Waals surface area contributed by atoms with Crippen molar-refractivity contribution in [1.29, 1.82) is 0 Å². The molecule has 2 rings (SSSR count). The summed E-state index contributed by atoms with van der Waals surface area (Å²) < 4.78 is 0. The van der Waals surface area contributed by atoms with Crippen LogP contribution in [0.2, 0.25) is 0 Å². The fourth-order valence-electron chi connectivity index (χ4n) is 2.69. The summed E-state index contributed by atoms with van der Waals surface area (Å²) in [6.07, 6.45) is 4.27. The maximum absolute atomic E-state index is 12.2. The molecule has 1 aromatic carbocycles. The van der Waals surface area contributed by atoms with Crippen molar-refractivity contribution < 1.29 is 14.4 Å². The van der Waals surface area contributed by atoms with E-state index in [0.717, 1.165) is 25.7 Å². The first-order chi connectivity index (χ1) is 12.0. The molecule has 0 aliphatic carbocycles. The Morgan fingerprint density at radius 2 is 1.88 bits per heavy atom. The molecule has 1 heterocycles. The molecule has 0 spiro atoms. The van der Waals surface area contributed by atoms with Crippen LogP contribution >= 0.6 is 0 Å². The minimum Gasteiger partial charge on any atom is -0.350 e. The van der Waals surface area contributed by atoms with Crippen molar-refractivity contribution in [3.63, 3.8) is 0 Å². The lowest BCUT2D eigenvalue weighted by atomic mass is 10.1. The number of benzene rings is 1. The number of amides is 3. The highest BCUT2D eigenvalue weighted by Gasteiger charge is 2.19. The fraction of sp³-hybridized carbons (Fsp3) is 0.526. The lowest BCUT2D eigenvalue weighted by Crippen LogP contribution is -2.37. The van der Waals surface area contributed by atoms with Gasteiger partial charge in [-0.25, -0.2) is 0 Å². The molecule has 6 heteroatoms. The van der Waals surface area contributed by atoms with Gasteiger partial charge in [0.2, 0.25) is 11.8 Å². The predicted molar refractivity (Wildman–Crippen MR) is 97.3 cm³/mol. The van der Waals surface area contributed by atoms with E-state index in [4.69, 9.17) is 0 Å². The van der Waals surface area contributed by atoms with Gasteiger partial charge in [-0.15, -0.1) is 0 Å². The average Bonchev–Trinajstić information content (AvgIpc) is 2.80. The van der Waals surface area contributed by atoms with E-state index in [0.29, 0.717) is 24.2 Å². The van der Waals surface area contributed by atoms with Gasteiger partial charge in [-0.2, -0.15) is 0 Å². The van der Waals surface area contributed by atoms with Gasteiger partial charge in [0, 0.05) is 30.3 Å². The summed E-state index contributed by atoms with van der Waals surface area (Å²) in [5.41, 5.74) is 1.17. The van der Waals surface area contributed by atoms with Crippen molar-refractivity contribution in [1.82, 2.24) is 10.2 Å². The molecule has 1 saturated heterocycles. The van der Waals surface area contributed by atoms with Gasteiger partial charge in [-0.3, -0.25) is 14.4 Å². The lowest BCUT2D eigenvalue weighted by molar-refractivity contribution is -0.134. The van der Waals surface area contributed by atoms with Crippen molar-refractivity contribution in [2.24, 2.45) is 0 Å². The molecule has 0 unspecified atom stereocenters. The number of anilines is 1. The predicted octanol–water partition coefficient (Wildman–Crippen LogP) is 2.56. The third-order valence-corrected chi connectivity index (χ3v) is 4.43. The zero-order chi connectivity index (χ0) is 18.2. The SMILES string of the molecule is CC[C@H](C)NC(=O)c1ccc(NC(=O)CN2CCCCCC2=O)cc1. The number of carbonyl (C=O) groups excluding carboxylic acids is 3. The molecule has 136 valence electrons. The van der Waals surface area contributed by atoms with E-state index in [9.17, 15) is 14.4 Å². The molecule has 1 aliphatic heterocycles. The summed E-state index contributed by atoms with van der Waals surface area (Å²) in [6.45, 7) is 4.69. The maximum Gasteiger partial charge on any atom is 0.251 e. The molecule has 0 aromatic heterocycles. The Morgan fingerprint density at radius 1 is 1.16 bits per heavy atom.